The normalized spacial score (nSPS) is 17.8. The van der Waals surface area contributed by atoms with Crippen LogP contribution in [0, 0.1) is 0 Å². The van der Waals surface area contributed by atoms with Gasteiger partial charge in [-0.05, 0) is 31.5 Å². The van der Waals surface area contributed by atoms with Crippen LogP contribution in [0.2, 0.25) is 0 Å². The molecule has 0 radical (unpaired) electrons. The Kier molecular flexibility index (Phi) is 4.51. The lowest BCUT2D eigenvalue weighted by Gasteiger charge is -2.39. The SMILES string of the molecule is COC(=O)c1cc2c(CN3CCNC(C)(C)C3)ccc(OC)c2o1. The Morgan fingerprint density at radius 3 is 2.83 bits per heavy atom. The molecule has 0 bridgehead atoms. The molecule has 0 amide bonds. The average Bonchev–Trinajstić information content (AvgIpc) is 2.99. The van der Waals surface area contributed by atoms with Crippen molar-refractivity contribution >= 4 is 16.9 Å². The number of carbonyl (C=O) groups is 1. The summed E-state index contributed by atoms with van der Waals surface area (Å²) in [4.78, 5) is 14.2. The van der Waals surface area contributed by atoms with Crippen LogP contribution < -0.4 is 10.1 Å². The first kappa shape index (κ1) is 16.8. The van der Waals surface area contributed by atoms with E-state index in [1.165, 1.54) is 7.11 Å². The van der Waals surface area contributed by atoms with Gasteiger partial charge in [-0.2, -0.15) is 0 Å². The summed E-state index contributed by atoms with van der Waals surface area (Å²) in [5.74, 6) is 0.325. The summed E-state index contributed by atoms with van der Waals surface area (Å²) in [6.45, 7) is 8.11. The smallest absolute Gasteiger partial charge is 0.373 e. The largest absolute Gasteiger partial charge is 0.493 e. The number of furan rings is 1. The van der Waals surface area contributed by atoms with Gasteiger partial charge in [0.05, 0.1) is 14.2 Å². The molecule has 0 atom stereocenters. The van der Waals surface area contributed by atoms with Crippen LogP contribution in [0.3, 0.4) is 0 Å². The number of nitrogens with zero attached hydrogens (tertiary/aromatic N) is 1. The van der Waals surface area contributed by atoms with Crippen molar-refractivity contribution in [2.45, 2.75) is 25.9 Å². The van der Waals surface area contributed by atoms with E-state index in [0.29, 0.717) is 11.3 Å². The van der Waals surface area contributed by atoms with Crippen molar-refractivity contribution in [2.75, 3.05) is 33.9 Å². The fourth-order valence-corrected chi connectivity index (χ4v) is 3.28. The maximum absolute atomic E-state index is 11.8. The minimum absolute atomic E-state index is 0.0947. The van der Waals surface area contributed by atoms with Gasteiger partial charge in [0.25, 0.3) is 0 Å². The summed E-state index contributed by atoms with van der Waals surface area (Å²) in [6.07, 6.45) is 0. The molecule has 1 fully saturated rings. The molecule has 1 aromatic carbocycles. The molecule has 3 rings (SSSR count). The first-order valence-corrected chi connectivity index (χ1v) is 8.08. The van der Waals surface area contributed by atoms with Crippen molar-refractivity contribution in [3.05, 3.63) is 29.5 Å². The van der Waals surface area contributed by atoms with Crippen molar-refractivity contribution in [3.8, 4) is 5.75 Å². The highest BCUT2D eigenvalue weighted by molar-refractivity contribution is 5.95. The molecule has 1 N–H and O–H groups in total. The standard InChI is InChI=1S/C18H24N2O4/c1-18(2)11-20(8-7-19-18)10-12-5-6-14(22-3)16-13(12)9-15(24-16)17(21)23-4/h5-6,9,19H,7-8,10-11H2,1-4H3. The number of methoxy groups -OCH3 is 2. The van der Waals surface area contributed by atoms with Gasteiger partial charge < -0.3 is 19.2 Å². The van der Waals surface area contributed by atoms with Gasteiger partial charge in [0.15, 0.2) is 11.3 Å². The lowest BCUT2D eigenvalue weighted by atomic mass is 10.0. The molecule has 130 valence electrons. The van der Waals surface area contributed by atoms with Gasteiger partial charge in [-0.1, -0.05) is 6.07 Å². The van der Waals surface area contributed by atoms with E-state index in [0.717, 1.165) is 37.1 Å². The monoisotopic (exact) mass is 332 g/mol. The molecule has 2 aromatic rings. The molecule has 2 heterocycles. The predicted octanol–water partition coefficient (Wildman–Crippen LogP) is 2.41. The second-order valence-electron chi connectivity index (χ2n) is 6.79. The minimum Gasteiger partial charge on any atom is -0.493 e. The summed E-state index contributed by atoms with van der Waals surface area (Å²) in [7, 11) is 2.93. The van der Waals surface area contributed by atoms with Crippen LogP contribution in [0.4, 0.5) is 0 Å². The lowest BCUT2D eigenvalue weighted by molar-refractivity contribution is 0.0567. The molecular weight excluding hydrogens is 308 g/mol. The van der Waals surface area contributed by atoms with Crippen molar-refractivity contribution in [1.82, 2.24) is 10.2 Å². The molecule has 6 heteroatoms. The quantitative estimate of drug-likeness (QED) is 0.868. The van der Waals surface area contributed by atoms with Crippen LogP contribution in [0.15, 0.2) is 22.6 Å². The number of benzene rings is 1. The Bertz CT molecular complexity index is 751. The number of ether oxygens (including phenoxy) is 2. The van der Waals surface area contributed by atoms with Crippen LogP contribution in [0.25, 0.3) is 11.0 Å². The van der Waals surface area contributed by atoms with Crippen LogP contribution in [0.1, 0.15) is 30.0 Å². The van der Waals surface area contributed by atoms with E-state index in [4.69, 9.17) is 13.9 Å². The fraction of sp³-hybridized carbons (Fsp3) is 0.500. The zero-order valence-electron chi connectivity index (χ0n) is 14.6. The topological polar surface area (TPSA) is 63.9 Å². The Balaban J connectivity index is 1.95. The molecule has 0 saturated carbocycles. The maximum atomic E-state index is 11.8. The molecule has 0 unspecified atom stereocenters. The second kappa shape index (κ2) is 6.45. The van der Waals surface area contributed by atoms with E-state index >= 15 is 0 Å². The van der Waals surface area contributed by atoms with Crippen molar-refractivity contribution in [1.29, 1.82) is 0 Å². The number of carbonyl (C=O) groups excluding carboxylic acids is 1. The van der Waals surface area contributed by atoms with Gasteiger partial charge >= 0.3 is 5.97 Å². The summed E-state index contributed by atoms with van der Waals surface area (Å²) < 4.78 is 15.8. The Morgan fingerprint density at radius 1 is 1.38 bits per heavy atom. The number of esters is 1. The van der Waals surface area contributed by atoms with Crippen molar-refractivity contribution in [3.63, 3.8) is 0 Å². The molecule has 24 heavy (non-hydrogen) atoms. The molecule has 1 saturated heterocycles. The fourth-order valence-electron chi connectivity index (χ4n) is 3.28. The first-order valence-electron chi connectivity index (χ1n) is 8.08. The van der Waals surface area contributed by atoms with Gasteiger partial charge in [-0.3, -0.25) is 4.90 Å². The molecule has 0 spiro atoms. The molecule has 6 nitrogen and oxygen atoms in total. The van der Waals surface area contributed by atoms with Gasteiger partial charge in [0.2, 0.25) is 5.76 Å². The van der Waals surface area contributed by atoms with Gasteiger partial charge in [-0.15, -0.1) is 0 Å². The number of hydrogen-bond acceptors (Lipinski definition) is 6. The Labute approximate surface area is 141 Å². The zero-order chi connectivity index (χ0) is 17.3. The van der Waals surface area contributed by atoms with Gasteiger partial charge in [-0.25, -0.2) is 4.79 Å². The number of fused-ring (bicyclic) bond motifs is 1. The number of hydrogen-bond donors (Lipinski definition) is 1. The summed E-state index contributed by atoms with van der Waals surface area (Å²) >= 11 is 0. The number of piperazine rings is 1. The van der Waals surface area contributed by atoms with E-state index in [1.807, 2.05) is 12.1 Å². The first-order chi connectivity index (χ1) is 11.4. The molecular formula is C18H24N2O4. The highest BCUT2D eigenvalue weighted by Crippen LogP contribution is 2.32. The van der Waals surface area contributed by atoms with Crippen LogP contribution in [-0.2, 0) is 11.3 Å². The third-order valence-electron chi connectivity index (χ3n) is 4.39. The van der Waals surface area contributed by atoms with E-state index in [9.17, 15) is 4.79 Å². The van der Waals surface area contributed by atoms with E-state index in [1.54, 1.807) is 13.2 Å². The van der Waals surface area contributed by atoms with Crippen LogP contribution in [-0.4, -0.2) is 50.3 Å². The Hall–Kier alpha value is -2.05. The Morgan fingerprint density at radius 2 is 2.17 bits per heavy atom. The van der Waals surface area contributed by atoms with E-state index in [-0.39, 0.29) is 11.3 Å². The zero-order valence-corrected chi connectivity index (χ0v) is 14.6. The average molecular weight is 332 g/mol. The predicted molar refractivity (Wildman–Crippen MR) is 91.5 cm³/mol. The maximum Gasteiger partial charge on any atom is 0.373 e. The van der Waals surface area contributed by atoms with Crippen LogP contribution >= 0.6 is 0 Å². The van der Waals surface area contributed by atoms with E-state index in [2.05, 4.69) is 24.1 Å². The van der Waals surface area contributed by atoms with Crippen LogP contribution in [0.5, 0.6) is 5.75 Å². The van der Waals surface area contributed by atoms with Gasteiger partial charge in [0.1, 0.15) is 0 Å². The lowest BCUT2D eigenvalue weighted by Crippen LogP contribution is -2.56. The molecule has 1 aliphatic rings. The minimum atomic E-state index is -0.484. The van der Waals surface area contributed by atoms with Gasteiger partial charge in [0, 0.05) is 37.1 Å². The van der Waals surface area contributed by atoms with Crippen molar-refractivity contribution in [2.24, 2.45) is 0 Å². The van der Waals surface area contributed by atoms with E-state index < -0.39 is 5.97 Å². The summed E-state index contributed by atoms with van der Waals surface area (Å²) in [6, 6.07) is 5.66. The van der Waals surface area contributed by atoms with Crippen molar-refractivity contribution < 1.29 is 18.7 Å². The third-order valence-corrected chi connectivity index (χ3v) is 4.39. The number of nitrogens with one attached hydrogen (secondary N) is 1. The molecule has 0 aliphatic carbocycles. The third kappa shape index (κ3) is 3.25. The highest BCUT2D eigenvalue weighted by atomic mass is 16.5. The molecule has 1 aromatic heterocycles. The second-order valence-corrected chi connectivity index (χ2v) is 6.79. The summed E-state index contributed by atoms with van der Waals surface area (Å²) in [5.41, 5.74) is 1.80. The summed E-state index contributed by atoms with van der Waals surface area (Å²) in [5, 5.41) is 4.41. The number of rotatable bonds is 4. The highest BCUT2D eigenvalue weighted by Gasteiger charge is 2.26. The molecule has 1 aliphatic heterocycles.